The van der Waals surface area contributed by atoms with Gasteiger partial charge in [0.15, 0.2) is 0 Å². The highest BCUT2D eigenvalue weighted by Crippen LogP contribution is 2.34. The first kappa shape index (κ1) is 19.3. The van der Waals surface area contributed by atoms with E-state index in [1.54, 1.807) is 18.4 Å². The minimum Gasteiger partial charge on any atom is -0.496 e. The number of hydrogen-bond donors (Lipinski definition) is 0. The van der Waals surface area contributed by atoms with Gasteiger partial charge in [-0.1, -0.05) is 15.9 Å². The van der Waals surface area contributed by atoms with Crippen molar-refractivity contribution < 1.29 is 14.3 Å². The number of nitrogens with zero attached hydrogens (tertiary/aromatic N) is 2. The normalized spacial score (nSPS) is 17.9. The van der Waals surface area contributed by atoms with Gasteiger partial charge in [0.1, 0.15) is 10.8 Å². The lowest BCUT2D eigenvalue weighted by Crippen LogP contribution is -2.39. The predicted octanol–water partition coefficient (Wildman–Crippen LogP) is 4.36. The van der Waals surface area contributed by atoms with Crippen molar-refractivity contribution in [1.29, 1.82) is 0 Å². The van der Waals surface area contributed by atoms with Crippen LogP contribution in [0.2, 0.25) is 0 Å². The monoisotopic (exact) mass is 438 g/mol. The molecule has 2 heterocycles. The Morgan fingerprint density at radius 1 is 1.46 bits per heavy atom. The molecular weight excluding hydrogens is 416 g/mol. The van der Waals surface area contributed by atoms with Gasteiger partial charge in [-0.25, -0.2) is 4.98 Å². The molecule has 1 aliphatic heterocycles. The fourth-order valence-corrected chi connectivity index (χ4v) is 4.42. The zero-order chi connectivity index (χ0) is 18.5. The van der Waals surface area contributed by atoms with Crippen molar-refractivity contribution >= 4 is 33.2 Å². The molecule has 5 nitrogen and oxygen atoms in total. The van der Waals surface area contributed by atoms with E-state index in [0.717, 1.165) is 59.0 Å². The Balaban J connectivity index is 1.69. The van der Waals surface area contributed by atoms with Gasteiger partial charge in [0.05, 0.1) is 30.9 Å². The van der Waals surface area contributed by atoms with Crippen molar-refractivity contribution in [3.05, 3.63) is 33.7 Å². The Labute approximate surface area is 166 Å². The van der Waals surface area contributed by atoms with Crippen LogP contribution < -0.4 is 4.74 Å². The average Bonchev–Trinajstić information content (AvgIpc) is 3.10. The number of carbonyl (C=O) groups excluding carboxylic acids is 1. The lowest BCUT2D eigenvalue weighted by molar-refractivity contribution is -0.150. The van der Waals surface area contributed by atoms with Gasteiger partial charge in [0.25, 0.3) is 0 Å². The SMILES string of the molecule is CCOC(=O)C1CCCN(Cc2csc(-c3cc(Br)ccc3OC)n2)C1. The molecule has 0 spiro atoms. The van der Waals surface area contributed by atoms with Crippen LogP contribution in [-0.4, -0.2) is 42.7 Å². The molecule has 1 aliphatic rings. The van der Waals surface area contributed by atoms with Crippen LogP contribution in [0.5, 0.6) is 5.75 Å². The third-order valence-electron chi connectivity index (χ3n) is 4.45. The quantitative estimate of drug-likeness (QED) is 0.627. The van der Waals surface area contributed by atoms with Crippen LogP contribution >= 0.6 is 27.3 Å². The van der Waals surface area contributed by atoms with Crippen molar-refractivity contribution in [1.82, 2.24) is 9.88 Å². The molecule has 1 aromatic carbocycles. The number of ether oxygens (including phenoxy) is 2. The highest BCUT2D eigenvalue weighted by Gasteiger charge is 2.27. The summed E-state index contributed by atoms with van der Waals surface area (Å²) in [6.45, 7) is 4.78. The van der Waals surface area contributed by atoms with Crippen molar-refractivity contribution in [2.45, 2.75) is 26.3 Å². The van der Waals surface area contributed by atoms with Gasteiger partial charge < -0.3 is 9.47 Å². The number of likely N-dealkylation sites (tertiary alicyclic amines) is 1. The second kappa shape index (κ2) is 8.97. The standard InChI is InChI=1S/C19H23BrN2O3S/c1-3-25-19(23)13-5-4-8-22(10-13)11-15-12-26-18(21-15)16-9-14(20)6-7-17(16)24-2/h6-7,9,12-13H,3-5,8,10-11H2,1-2H3. The lowest BCUT2D eigenvalue weighted by Gasteiger charge is -2.30. The fourth-order valence-electron chi connectivity index (χ4n) is 3.23. The van der Waals surface area contributed by atoms with E-state index in [9.17, 15) is 4.79 Å². The molecule has 26 heavy (non-hydrogen) atoms. The van der Waals surface area contributed by atoms with Gasteiger partial charge in [-0.15, -0.1) is 11.3 Å². The number of carbonyl (C=O) groups is 1. The van der Waals surface area contributed by atoms with E-state index < -0.39 is 0 Å². The zero-order valence-corrected chi connectivity index (χ0v) is 17.4. The smallest absolute Gasteiger partial charge is 0.310 e. The van der Waals surface area contributed by atoms with Gasteiger partial charge in [-0.05, 0) is 44.5 Å². The van der Waals surface area contributed by atoms with Crippen LogP contribution in [0, 0.1) is 5.92 Å². The number of aromatic nitrogens is 1. The van der Waals surface area contributed by atoms with Gasteiger partial charge >= 0.3 is 5.97 Å². The van der Waals surface area contributed by atoms with Crippen molar-refractivity contribution in [2.75, 3.05) is 26.8 Å². The molecule has 1 atom stereocenters. The summed E-state index contributed by atoms with van der Waals surface area (Å²) in [6, 6.07) is 5.92. The Morgan fingerprint density at radius 2 is 2.31 bits per heavy atom. The molecule has 7 heteroatoms. The lowest BCUT2D eigenvalue weighted by atomic mass is 9.98. The van der Waals surface area contributed by atoms with Crippen molar-refractivity contribution in [3.63, 3.8) is 0 Å². The third-order valence-corrected chi connectivity index (χ3v) is 5.87. The maximum absolute atomic E-state index is 12.0. The minimum atomic E-state index is -0.0740. The van der Waals surface area contributed by atoms with Gasteiger partial charge in [0.2, 0.25) is 0 Å². The summed E-state index contributed by atoms with van der Waals surface area (Å²) in [4.78, 5) is 19.1. The summed E-state index contributed by atoms with van der Waals surface area (Å²) in [5, 5.41) is 3.03. The summed E-state index contributed by atoms with van der Waals surface area (Å²) in [7, 11) is 1.67. The van der Waals surface area contributed by atoms with E-state index in [0.29, 0.717) is 6.61 Å². The van der Waals surface area contributed by atoms with E-state index in [-0.39, 0.29) is 11.9 Å². The molecule has 1 unspecified atom stereocenters. The molecule has 0 bridgehead atoms. The van der Waals surface area contributed by atoms with Crippen LogP contribution in [0.3, 0.4) is 0 Å². The van der Waals surface area contributed by atoms with Crippen molar-refractivity contribution in [2.24, 2.45) is 5.92 Å². The summed E-state index contributed by atoms with van der Waals surface area (Å²) in [5.74, 6) is 0.719. The molecule has 0 saturated carbocycles. The summed E-state index contributed by atoms with van der Waals surface area (Å²) in [5.41, 5.74) is 2.01. The molecule has 2 aromatic rings. The van der Waals surface area contributed by atoms with Crippen LogP contribution in [0.15, 0.2) is 28.1 Å². The van der Waals surface area contributed by atoms with E-state index in [4.69, 9.17) is 14.5 Å². The summed E-state index contributed by atoms with van der Waals surface area (Å²) in [6.07, 6.45) is 1.92. The molecule has 0 radical (unpaired) electrons. The van der Waals surface area contributed by atoms with E-state index in [1.807, 2.05) is 25.1 Å². The highest BCUT2D eigenvalue weighted by atomic mass is 79.9. The molecule has 1 aromatic heterocycles. The molecule has 3 rings (SSSR count). The highest BCUT2D eigenvalue weighted by molar-refractivity contribution is 9.10. The van der Waals surface area contributed by atoms with Gasteiger partial charge in [0, 0.05) is 22.9 Å². The van der Waals surface area contributed by atoms with E-state index >= 15 is 0 Å². The number of halogens is 1. The Kier molecular flexibility index (Phi) is 6.67. The topological polar surface area (TPSA) is 51.7 Å². The maximum Gasteiger partial charge on any atom is 0.310 e. The Morgan fingerprint density at radius 3 is 3.08 bits per heavy atom. The Bertz CT molecular complexity index is 765. The number of hydrogen-bond acceptors (Lipinski definition) is 6. The van der Waals surface area contributed by atoms with Crippen molar-refractivity contribution in [3.8, 4) is 16.3 Å². The number of rotatable bonds is 6. The predicted molar refractivity (Wildman–Crippen MR) is 106 cm³/mol. The van der Waals surface area contributed by atoms with Gasteiger partial charge in [-0.2, -0.15) is 0 Å². The van der Waals surface area contributed by atoms with Crippen LogP contribution in [-0.2, 0) is 16.1 Å². The first-order valence-corrected chi connectivity index (χ1v) is 10.4. The average molecular weight is 439 g/mol. The molecule has 0 N–H and O–H groups in total. The molecule has 0 aliphatic carbocycles. The number of piperidine rings is 1. The maximum atomic E-state index is 12.0. The summed E-state index contributed by atoms with van der Waals surface area (Å²) < 4.78 is 11.6. The van der Waals surface area contributed by atoms with Crippen LogP contribution in [0.25, 0.3) is 10.6 Å². The zero-order valence-electron chi connectivity index (χ0n) is 15.0. The number of methoxy groups -OCH3 is 1. The second-order valence-electron chi connectivity index (χ2n) is 6.31. The van der Waals surface area contributed by atoms with E-state index in [1.165, 1.54) is 0 Å². The second-order valence-corrected chi connectivity index (χ2v) is 8.09. The molecule has 1 fully saturated rings. The van der Waals surface area contributed by atoms with Gasteiger partial charge in [-0.3, -0.25) is 9.69 Å². The largest absolute Gasteiger partial charge is 0.496 e. The number of benzene rings is 1. The molecule has 140 valence electrons. The molecule has 1 saturated heterocycles. The first-order valence-electron chi connectivity index (χ1n) is 8.78. The molecular formula is C19H23BrN2O3S. The molecule has 0 amide bonds. The Hall–Kier alpha value is -1.44. The minimum absolute atomic E-state index is 0.0213. The third kappa shape index (κ3) is 4.64. The fraction of sp³-hybridized carbons (Fsp3) is 0.474. The summed E-state index contributed by atoms with van der Waals surface area (Å²) >= 11 is 5.13. The first-order chi connectivity index (χ1) is 12.6. The number of esters is 1. The number of thiazole rings is 1. The van der Waals surface area contributed by atoms with E-state index in [2.05, 4.69) is 26.2 Å². The van der Waals surface area contributed by atoms with Crippen LogP contribution in [0.4, 0.5) is 0 Å². The van der Waals surface area contributed by atoms with Crippen LogP contribution in [0.1, 0.15) is 25.5 Å².